The van der Waals surface area contributed by atoms with Crippen molar-refractivity contribution in [3.63, 3.8) is 0 Å². The van der Waals surface area contributed by atoms with Crippen LogP contribution in [0.25, 0.3) is 10.9 Å². The van der Waals surface area contributed by atoms with Gasteiger partial charge in [0.1, 0.15) is 12.1 Å². The van der Waals surface area contributed by atoms with Crippen LogP contribution in [0.2, 0.25) is 0 Å². The smallest absolute Gasteiger partial charge is 0.275 e. The van der Waals surface area contributed by atoms with E-state index in [0.717, 1.165) is 3.97 Å². The summed E-state index contributed by atoms with van der Waals surface area (Å²) < 4.78 is 26.2. The fourth-order valence-corrected chi connectivity index (χ4v) is 3.38. The molecule has 0 radical (unpaired) electrons. The highest BCUT2D eigenvalue weighted by molar-refractivity contribution is 9.10. The van der Waals surface area contributed by atoms with Crippen molar-refractivity contribution < 1.29 is 13.4 Å². The third-order valence-electron chi connectivity index (χ3n) is 3.22. The summed E-state index contributed by atoms with van der Waals surface area (Å²) in [7, 11) is 2.95. The lowest BCUT2D eigenvalue weighted by atomic mass is 10.1. The molecule has 10 heteroatoms. The summed E-state index contributed by atoms with van der Waals surface area (Å²) >= 11 is 3.22. The molecule has 2 aromatic rings. The van der Waals surface area contributed by atoms with E-state index in [0.29, 0.717) is 15.6 Å². The molecule has 0 atom stereocenters. The SMILES string of the molecule is COCC(=N)OC(=N)c1c(C)n(SF)c2c(=O)n(C)cc(Br)c12. The molecule has 2 rings (SSSR count). The Labute approximate surface area is 143 Å². The molecule has 0 saturated heterocycles. The zero-order valence-electron chi connectivity index (χ0n) is 12.6. The number of aryl methyl sites for hydroxylation is 1. The summed E-state index contributed by atoms with van der Waals surface area (Å²) in [5.41, 5.74) is 0.290. The predicted octanol–water partition coefficient (Wildman–Crippen LogP) is 2.76. The molecular formula is C13H14BrFN4O3S. The predicted molar refractivity (Wildman–Crippen MR) is 91.2 cm³/mol. The third-order valence-corrected chi connectivity index (χ3v) is 4.42. The minimum atomic E-state index is -0.400. The van der Waals surface area contributed by atoms with Crippen molar-refractivity contribution in [1.29, 1.82) is 10.8 Å². The number of rotatable bonds is 4. The Balaban J connectivity index is 2.72. The van der Waals surface area contributed by atoms with Crippen LogP contribution in [0.5, 0.6) is 0 Å². The highest BCUT2D eigenvalue weighted by Crippen LogP contribution is 2.33. The first kappa shape index (κ1) is 17.7. The zero-order valence-corrected chi connectivity index (χ0v) is 15.0. The van der Waals surface area contributed by atoms with Gasteiger partial charge in [0.2, 0.25) is 11.8 Å². The van der Waals surface area contributed by atoms with Crippen molar-refractivity contribution in [2.75, 3.05) is 13.7 Å². The van der Waals surface area contributed by atoms with Crippen LogP contribution in [-0.4, -0.2) is 34.1 Å². The van der Waals surface area contributed by atoms with Crippen molar-refractivity contribution in [3.05, 3.63) is 32.3 Å². The summed E-state index contributed by atoms with van der Waals surface area (Å²) in [4.78, 5) is 12.3. The molecule has 0 aliphatic heterocycles. The maximum atomic E-state index is 13.4. The molecule has 0 spiro atoms. The average molecular weight is 405 g/mol. The van der Waals surface area contributed by atoms with E-state index >= 15 is 0 Å². The number of fused-ring (bicyclic) bond motifs is 1. The van der Waals surface area contributed by atoms with Crippen LogP contribution in [0.15, 0.2) is 15.5 Å². The van der Waals surface area contributed by atoms with Gasteiger partial charge in [-0.15, -0.1) is 3.89 Å². The van der Waals surface area contributed by atoms with E-state index in [-0.39, 0.29) is 41.8 Å². The maximum absolute atomic E-state index is 13.4. The number of aromatic nitrogens is 2. The number of hydrogen-bond acceptors (Lipinski definition) is 6. The highest BCUT2D eigenvalue weighted by Gasteiger charge is 2.25. The summed E-state index contributed by atoms with van der Waals surface area (Å²) in [6.45, 7) is 1.48. The molecule has 0 aliphatic rings. The van der Waals surface area contributed by atoms with Gasteiger partial charge in [-0.25, -0.2) is 0 Å². The largest absolute Gasteiger partial charge is 0.423 e. The first-order valence-corrected chi connectivity index (χ1v) is 7.82. The van der Waals surface area contributed by atoms with Crippen LogP contribution < -0.4 is 5.56 Å². The van der Waals surface area contributed by atoms with Gasteiger partial charge in [-0.1, -0.05) is 0 Å². The molecule has 0 fully saturated rings. The van der Waals surface area contributed by atoms with Gasteiger partial charge in [0.25, 0.3) is 5.56 Å². The van der Waals surface area contributed by atoms with Gasteiger partial charge in [-0.2, -0.15) is 0 Å². The number of pyridine rings is 1. The molecule has 2 N–H and O–H groups in total. The van der Waals surface area contributed by atoms with E-state index in [1.807, 2.05) is 0 Å². The Morgan fingerprint density at radius 1 is 1.48 bits per heavy atom. The third kappa shape index (κ3) is 3.06. The molecule has 0 saturated carbocycles. The Hall–Kier alpha value is -1.65. The molecule has 23 heavy (non-hydrogen) atoms. The lowest BCUT2D eigenvalue weighted by Gasteiger charge is -2.08. The lowest BCUT2D eigenvalue weighted by Crippen LogP contribution is -2.18. The highest BCUT2D eigenvalue weighted by atomic mass is 79.9. The lowest BCUT2D eigenvalue weighted by molar-refractivity contribution is 0.229. The summed E-state index contributed by atoms with van der Waals surface area (Å²) in [6, 6.07) is 0. The van der Waals surface area contributed by atoms with E-state index in [9.17, 15) is 8.68 Å². The fourth-order valence-electron chi connectivity index (χ4n) is 2.26. The van der Waals surface area contributed by atoms with Crippen molar-refractivity contribution in [2.45, 2.75) is 6.92 Å². The molecule has 0 bridgehead atoms. The van der Waals surface area contributed by atoms with Gasteiger partial charge in [0.05, 0.1) is 5.56 Å². The number of methoxy groups -OCH3 is 1. The summed E-state index contributed by atoms with van der Waals surface area (Å²) in [6.07, 6.45) is 1.54. The van der Waals surface area contributed by atoms with E-state index in [1.165, 1.54) is 17.9 Å². The average Bonchev–Trinajstić information content (AvgIpc) is 2.78. The molecule has 2 heterocycles. The monoisotopic (exact) mass is 404 g/mol. The Morgan fingerprint density at radius 2 is 2.13 bits per heavy atom. The van der Waals surface area contributed by atoms with Crippen LogP contribution in [0.1, 0.15) is 11.3 Å². The number of hydrogen-bond donors (Lipinski definition) is 2. The van der Waals surface area contributed by atoms with Crippen LogP contribution in [-0.2, 0) is 16.5 Å². The van der Waals surface area contributed by atoms with Crippen LogP contribution in [0.4, 0.5) is 3.89 Å². The second kappa shape index (κ2) is 6.85. The van der Waals surface area contributed by atoms with E-state index in [4.69, 9.17) is 20.3 Å². The quantitative estimate of drug-likeness (QED) is 0.604. The Bertz CT molecular complexity index is 861. The van der Waals surface area contributed by atoms with Gasteiger partial charge >= 0.3 is 0 Å². The number of halogens is 2. The van der Waals surface area contributed by atoms with Gasteiger partial charge < -0.3 is 14.0 Å². The second-order valence-electron chi connectivity index (χ2n) is 4.73. The fraction of sp³-hybridized carbons (Fsp3) is 0.308. The van der Waals surface area contributed by atoms with Gasteiger partial charge in [0, 0.05) is 35.9 Å². The van der Waals surface area contributed by atoms with Gasteiger partial charge in [0.15, 0.2) is 12.3 Å². The topological polar surface area (TPSA) is 93.1 Å². The van der Waals surface area contributed by atoms with Gasteiger partial charge in [-0.3, -0.25) is 19.6 Å². The zero-order chi connectivity index (χ0) is 17.3. The van der Waals surface area contributed by atoms with E-state index in [1.54, 1.807) is 14.0 Å². The van der Waals surface area contributed by atoms with Crippen molar-refractivity contribution in [2.24, 2.45) is 7.05 Å². The minimum Gasteiger partial charge on any atom is -0.423 e. The Kier molecular flexibility index (Phi) is 5.27. The van der Waals surface area contributed by atoms with Crippen LogP contribution in [0.3, 0.4) is 0 Å². The molecule has 0 aliphatic carbocycles. The molecule has 0 amide bonds. The summed E-state index contributed by atoms with van der Waals surface area (Å²) in [5.74, 6) is -0.609. The number of ether oxygens (including phenoxy) is 2. The Morgan fingerprint density at radius 3 is 2.70 bits per heavy atom. The minimum absolute atomic E-state index is 0.0964. The van der Waals surface area contributed by atoms with Gasteiger partial charge in [-0.05, 0) is 22.9 Å². The van der Waals surface area contributed by atoms with Crippen molar-refractivity contribution in [3.8, 4) is 0 Å². The maximum Gasteiger partial charge on any atom is 0.275 e. The standard InChI is InChI=1S/C13H14BrFN4O3S/c1-6-9(12(17)22-8(16)5-21-3)10-7(14)4-18(2)13(20)11(10)19(6)23-15/h4,16-17H,5H2,1-3H3. The van der Waals surface area contributed by atoms with E-state index < -0.39 is 5.56 Å². The molecule has 0 aromatic carbocycles. The molecule has 7 nitrogen and oxygen atoms in total. The number of nitrogens with zero attached hydrogens (tertiary/aromatic N) is 2. The second-order valence-corrected chi connectivity index (χ2v) is 6.09. The normalized spacial score (nSPS) is 11.0. The van der Waals surface area contributed by atoms with Crippen LogP contribution in [0, 0.1) is 17.7 Å². The first-order chi connectivity index (χ1) is 10.8. The molecular weight excluding hydrogens is 391 g/mol. The number of nitrogens with one attached hydrogen (secondary N) is 2. The van der Waals surface area contributed by atoms with E-state index in [2.05, 4.69) is 15.9 Å². The molecule has 2 aromatic heterocycles. The molecule has 0 unspecified atom stereocenters. The van der Waals surface area contributed by atoms with Crippen LogP contribution >= 0.6 is 28.3 Å². The van der Waals surface area contributed by atoms with Crippen molar-refractivity contribution in [1.82, 2.24) is 8.54 Å². The van der Waals surface area contributed by atoms with Crippen molar-refractivity contribution >= 4 is 51.0 Å². The first-order valence-electron chi connectivity index (χ1n) is 6.35. The molecule has 124 valence electrons. The summed E-state index contributed by atoms with van der Waals surface area (Å²) in [5, 5.41) is 16.0.